The SMILES string of the molecule is CCOc1ccc(-c2c(C)sc3ncnc(N4CCC[C@H]4C(=O)O)c23)cc1. The minimum absolute atomic E-state index is 0.531. The highest BCUT2D eigenvalue weighted by molar-refractivity contribution is 7.19. The minimum atomic E-state index is -0.797. The molecule has 0 saturated carbocycles. The fourth-order valence-corrected chi connectivity index (χ4v) is 4.76. The minimum Gasteiger partial charge on any atom is -0.494 e. The fourth-order valence-electron chi connectivity index (χ4n) is 3.76. The number of anilines is 1. The van der Waals surface area contributed by atoms with Crippen LogP contribution in [0.2, 0.25) is 0 Å². The van der Waals surface area contributed by atoms with Crippen LogP contribution in [-0.2, 0) is 4.79 Å². The summed E-state index contributed by atoms with van der Waals surface area (Å²) in [5.41, 5.74) is 2.13. The summed E-state index contributed by atoms with van der Waals surface area (Å²) in [4.78, 5) is 24.6. The Bertz CT molecular complexity index is 984. The van der Waals surface area contributed by atoms with Gasteiger partial charge in [-0.05, 0) is 44.4 Å². The molecule has 3 heterocycles. The standard InChI is InChI=1S/C20H21N3O3S/c1-3-26-14-8-6-13(7-9-14)16-12(2)27-19-17(16)18(21-11-22-19)23-10-4-5-15(23)20(24)25/h6-9,11,15H,3-5,10H2,1-2H3,(H,24,25)/t15-/m0/s1. The number of thiophene rings is 1. The number of ether oxygens (including phenoxy) is 1. The molecule has 7 heteroatoms. The van der Waals surface area contributed by atoms with Crippen LogP contribution < -0.4 is 9.64 Å². The highest BCUT2D eigenvalue weighted by atomic mass is 32.1. The molecule has 4 rings (SSSR count). The van der Waals surface area contributed by atoms with Gasteiger partial charge in [-0.2, -0.15) is 0 Å². The number of carboxylic acid groups (broad SMARTS) is 1. The molecular weight excluding hydrogens is 362 g/mol. The molecule has 6 nitrogen and oxygen atoms in total. The van der Waals surface area contributed by atoms with Gasteiger partial charge in [0.2, 0.25) is 0 Å². The molecule has 1 N–H and O–H groups in total. The van der Waals surface area contributed by atoms with Crippen LogP contribution in [0.25, 0.3) is 21.3 Å². The van der Waals surface area contributed by atoms with Gasteiger partial charge in [-0.3, -0.25) is 0 Å². The molecule has 3 aromatic rings. The topological polar surface area (TPSA) is 75.6 Å². The van der Waals surface area contributed by atoms with Gasteiger partial charge in [0, 0.05) is 17.0 Å². The number of carboxylic acids is 1. The second-order valence-electron chi connectivity index (χ2n) is 6.56. The summed E-state index contributed by atoms with van der Waals surface area (Å²) >= 11 is 1.61. The van der Waals surface area contributed by atoms with E-state index >= 15 is 0 Å². The van der Waals surface area contributed by atoms with Crippen LogP contribution in [0.15, 0.2) is 30.6 Å². The van der Waals surface area contributed by atoms with Crippen molar-refractivity contribution in [2.45, 2.75) is 32.7 Å². The Kier molecular flexibility index (Phi) is 4.70. The summed E-state index contributed by atoms with van der Waals surface area (Å²) in [7, 11) is 0. The Morgan fingerprint density at radius 2 is 2.11 bits per heavy atom. The third-order valence-electron chi connectivity index (χ3n) is 4.91. The summed E-state index contributed by atoms with van der Waals surface area (Å²) < 4.78 is 5.55. The predicted octanol–water partition coefficient (Wildman–Crippen LogP) is 4.12. The molecule has 0 aliphatic carbocycles. The number of hydrogen-bond donors (Lipinski definition) is 1. The zero-order chi connectivity index (χ0) is 19.0. The van der Waals surface area contributed by atoms with Crippen molar-refractivity contribution in [1.29, 1.82) is 0 Å². The van der Waals surface area contributed by atoms with Crippen LogP contribution in [0, 0.1) is 6.92 Å². The van der Waals surface area contributed by atoms with Crippen molar-refractivity contribution in [3.05, 3.63) is 35.5 Å². The molecule has 1 aromatic carbocycles. The average Bonchev–Trinajstić information content (AvgIpc) is 3.26. The number of rotatable bonds is 5. The normalized spacial score (nSPS) is 16.8. The number of nitrogens with zero attached hydrogens (tertiary/aromatic N) is 3. The van der Waals surface area contributed by atoms with Crippen molar-refractivity contribution in [2.75, 3.05) is 18.1 Å². The van der Waals surface area contributed by atoms with Crippen molar-refractivity contribution < 1.29 is 14.6 Å². The Morgan fingerprint density at radius 1 is 1.33 bits per heavy atom. The van der Waals surface area contributed by atoms with Crippen molar-refractivity contribution >= 4 is 33.3 Å². The van der Waals surface area contributed by atoms with Crippen LogP contribution in [0.1, 0.15) is 24.6 Å². The molecule has 2 aromatic heterocycles. The summed E-state index contributed by atoms with van der Waals surface area (Å²) in [6.45, 7) is 5.35. The van der Waals surface area contributed by atoms with Crippen molar-refractivity contribution in [1.82, 2.24) is 9.97 Å². The van der Waals surface area contributed by atoms with Gasteiger partial charge >= 0.3 is 5.97 Å². The Balaban J connectivity index is 1.86. The van der Waals surface area contributed by atoms with E-state index in [4.69, 9.17) is 4.74 Å². The lowest BCUT2D eigenvalue weighted by Gasteiger charge is -2.23. The lowest BCUT2D eigenvalue weighted by Crippen LogP contribution is -2.36. The van der Waals surface area contributed by atoms with Gasteiger partial charge in [-0.25, -0.2) is 14.8 Å². The van der Waals surface area contributed by atoms with Gasteiger partial charge in [0.05, 0.1) is 12.0 Å². The number of aliphatic carboxylic acids is 1. The number of fused-ring (bicyclic) bond motifs is 1. The lowest BCUT2D eigenvalue weighted by molar-refractivity contribution is -0.138. The first-order chi connectivity index (χ1) is 13.1. The van der Waals surface area contributed by atoms with E-state index in [0.717, 1.165) is 44.2 Å². The molecule has 27 heavy (non-hydrogen) atoms. The molecule has 0 unspecified atom stereocenters. The lowest BCUT2D eigenvalue weighted by atomic mass is 10.0. The highest BCUT2D eigenvalue weighted by Gasteiger charge is 2.33. The first-order valence-corrected chi connectivity index (χ1v) is 9.88. The first kappa shape index (κ1) is 17.7. The fraction of sp³-hybridized carbons (Fsp3) is 0.350. The molecule has 1 saturated heterocycles. The van der Waals surface area contributed by atoms with Crippen LogP contribution in [0.5, 0.6) is 5.75 Å². The van der Waals surface area contributed by atoms with Gasteiger partial charge in [0.15, 0.2) is 0 Å². The summed E-state index contributed by atoms with van der Waals surface area (Å²) in [5, 5.41) is 10.5. The van der Waals surface area contributed by atoms with E-state index in [1.165, 1.54) is 6.33 Å². The summed E-state index contributed by atoms with van der Waals surface area (Å²) in [6, 6.07) is 7.46. The van der Waals surface area contributed by atoms with E-state index < -0.39 is 12.0 Å². The molecule has 1 aliphatic heterocycles. The second kappa shape index (κ2) is 7.15. The Morgan fingerprint density at radius 3 is 2.81 bits per heavy atom. The van der Waals surface area contributed by atoms with Crippen molar-refractivity contribution in [3.8, 4) is 16.9 Å². The van der Waals surface area contributed by atoms with Gasteiger partial charge in [-0.15, -0.1) is 11.3 Å². The maximum Gasteiger partial charge on any atom is 0.326 e. The van der Waals surface area contributed by atoms with E-state index in [1.54, 1.807) is 11.3 Å². The monoisotopic (exact) mass is 383 g/mol. The number of hydrogen-bond acceptors (Lipinski definition) is 6. The van der Waals surface area contributed by atoms with E-state index in [9.17, 15) is 9.90 Å². The number of benzene rings is 1. The molecule has 0 amide bonds. The predicted molar refractivity (Wildman–Crippen MR) is 107 cm³/mol. The molecule has 1 atom stereocenters. The third-order valence-corrected chi connectivity index (χ3v) is 5.92. The maximum atomic E-state index is 11.7. The quantitative estimate of drug-likeness (QED) is 0.714. The van der Waals surface area contributed by atoms with Gasteiger partial charge < -0.3 is 14.7 Å². The Labute approximate surface area is 161 Å². The largest absolute Gasteiger partial charge is 0.494 e. The summed E-state index contributed by atoms with van der Waals surface area (Å²) in [5.74, 6) is 0.757. The summed E-state index contributed by atoms with van der Waals surface area (Å²) in [6.07, 6.45) is 3.03. The number of aromatic nitrogens is 2. The van der Waals surface area contributed by atoms with Crippen molar-refractivity contribution in [2.24, 2.45) is 0 Å². The molecule has 1 fully saturated rings. The zero-order valence-corrected chi connectivity index (χ0v) is 16.1. The Hall–Kier alpha value is -2.67. The van der Waals surface area contributed by atoms with Crippen LogP contribution in [0.3, 0.4) is 0 Å². The van der Waals surface area contributed by atoms with Gasteiger partial charge in [0.1, 0.15) is 28.8 Å². The van der Waals surface area contributed by atoms with E-state index in [2.05, 4.69) is 16.9 Å². The van der Waals surface area contributed by atoms with Crippen molar-refractivity contribution in [3.63, 3.8) is 0 Å². The molecule has 140 valence electrons. The third kappa shape index (κ3) is 3.12. The van der Waals surface area contributed by atoms with Gasteiger partial charge in [-0.1, -0.05) is 12.1 Å². The zero-order valence-electron chi connectivity index (χ0n) is 15.3. The number of carbonyl (C=O) groups is 1. The second-order valence-corrected chi connectivity index (χ2v) is 7.76. The molecule has 0 spiro atoms. The van der Waals surface area contributed by atoms with Crippen LogP contribution in [0.4, 0.5) is 5.82 Å². The molecule has 1 aliphatic rings. The first-order valence-electron chi connectivity index (χ1n) is 9.07. The number of aryl methyl sites for hydroxylation is 1. The van der Waals surface area contributed by atoms with Gasteiger partial charge in [0.25, 0.3) is 0 Å². The molecule has 0 bridgehead atoms. The smallest absolute Gasteiger partial charge is 0.326 e. The average molecular weight is 383 g/mol. The van der Waals surface area contributed by atoms with Crippen LogP contribution >= 0.6 is 11.3 Å². The van der Waals surface area contributed by atoms with Crippen LogP contribution in [-0.4, -0.2) is 40.2 Å². The van der Waals surface area contributed by atoms with E-state index in [-0.39, 0.29) is 0 Å². The highest BCUT2D eigenvalue weighted by Crippen LogP contribution is 2.43. The van der Waals surface area contributed by atoms with E-state index in [1.807, 2.05) is 36.1 Å². The maximum absolute atomic E-state index is 11.7. The van der Waals surface area contributed by atoms with E-state index in [0.29, 0.717) is 19.6 Å². The molecular formula is C20H21N3O3S. The molecule has 0 radical (unpaired) electrons.